The van der Waals surface area contributed by atoms with E-state index < -0.39 is 5.82 Å². The zero-order chi connectivity index (χ0) is 16.4. The molecule has 2 heterocycles. The van der Waals surface area contributed by atoms with Crippen LogP contribution < -0.4 is 4.90 Å². The molecule has 3 rings (SSSR count). The van der Waals surface area contributed by atoms with Gasteiger partial charge in [-0.2, -0.15) is 0 Å². The predicted molar refractivity (Wildman–Crippen MR) is 86.9 cm³/mol. The van der Waals surface area contributed by atoms with Crippen molar-refractivity contribution in [1.82, 2.24) is 4.98 Å². The van der Waals surface area contributed by atoms with Gasteiger partial charge in [0.25, 0.3) is 0 Å². The minimum absolute atomic E-state index is 0.285. The summed E-state index contributed by atoms with van der Waals surface area (Å²) in [6, 6.07) is 6.91. The summed E-state index contributed by atoms with van der Waals surface area (Å²) in [5.41, 5.74) is 3.37. The van der Waals surface area contributed by atoms with Crippen LogP contribution in [0.5, 0.6) is 0 Å². The Labute approximate surface area is 134 Å². The van der Waals surface area contributed by atoms with Crippen molar-refractivity contribution in [2.75, 3.05) is 25.1 Å². The molecule has 0 saturated carbocycles. The van der Waals surface area contributed by atoms with E-state index in [2.05, 4.69) is 15.0 Å². The van der Waals surface area contributed by atoms with Crippen molar-refractivity contribution < 1.29 is 14.3 Å². The van der Waals surface area contributed by atoms with Crippen molar-refractivity contribution in [3.63, 3.8) is 0 Å². The normalized spacial score (nSPS) is 13.7. The van der Waals surface area contributed by atoms with E-state index in [4.69, 9.17) is 4.84 Å². The number of aryl methyl sites for hydroxylation is 1. The Kier molecular flexibility index (Phi) is 4.25. The van der Waals surface area contributed by atoms with Gasteiger partial charge in [-0.25, -0.2) is 9.37 Å². The number of hydrogen-bond donors (Lipinski definition) is 1. The summed E-state index contributed by atoms with van der Waals surface area (Å²) in [4.78, 5) is 11.3. The summed E-state index contributed by atoms with van der Waals surface area (Å²) < 4.78 is 14.3. The molecular formula is C17H18FN3O2. The van der Waals surface area contributed by atoms with E-state index in [1.165, 1.54) is 7.11 Å². The molecule has 0 aliphatic carbocycles. The van der Waals surface area contributed by atoms with Gasteiger partial charge in [0.15, 0.2) is 0 Å². The van der Waals surface area contributed by atoms with Crippen molar-refractivity contribution in [1.29, 1.82) is 0 Å². The molecule has 0 bridgehead atoms. The molecule has 1 aromatic carbocycles. The molecular weight excluding hydrogens is 297 g/mol. The van der Waals surface area contributed by atoms with Gasteiger partial charge in [0.05, 0.1) is 25.4 Å². The van der Waals surface area contributed by atoms with E-state index >= 15 is 0 Å². The van der Waals surface area contributed by atoms with Crippen LogP contribution in [0.2, 0.25) is 0 Å². The van der Waals surface area contributed by atoms with Gasteiger partial charge in [-0.3, -0.25) is 0 Å². The van der Waals surface area contributed by atoms with Crippen molar-refractivity contribution in [3.05, 3.63) is 47.4 Å². The molecule has 0 unspecified atom stereocenters. The quantitative estimate of drug-likeness (QED) is 0.881. The first-order valence-corrected chi connectivity index (χ1v) is 7.33. The van der Waals surface area contributed by atoms with E-state index in [9.17, 15) is 9.50 Å². The zero-order valence-corrected chi connectivity index (χ0v) is 13.1. The van der Waals surface area contributed by atoms with Gasteiger partial charge < -0.3 is 14.8 Å². The second kappa shape index (κ2) is 6.34. The molecule has 1 aliphatic heterocycles. The average Bonchev–Trinajstić information content (AvgIpc) is 2.51. The van der Waals surface area contributed by atoms with Gasteiger partial charge in [-0.1, -0.05) is 23.4 Å². The number of anilines is 1. The van der Waals surface area contributed by atoms with E-state index in [0.29, 0.717) is 24.2 Å². The van der Waals surface area contributed by atoms with Crippen molar-refractivity contribution in [2.45, 2.75) is 13.5 Å². The van der Waals surface area contributed by atoms with Crippen LogP contribution in [0.1, 0.15) is 11.1 Å². The summed E-state index contributed by atoms with van der Waals surface area (Å²) in [5, 5.41) is 13.1. The maximum absolute atomic E-state index is 14.3. The average molecular weight is 315 g/mol. The largest absolute Gasteiger partial charge is 0.399 e. The Morgan fingerprint density at radius 2 is 2.17 bits per heavy atom. The monoisotopic (exact) mass is 315 g/mol. The number of nitrogens with zero attached hydrogens (tertiary/aromatic N) is 3. The molecule has 1 N–H and O–H groups in total. The number of aliphatic hydroxyl groups excluding tert-OH is 1. The number of aromatic nitrogens is 1. The smallest absolute Gasteiger partial charge is 0.136 e. The fourth-order valence-corrected chi connectivity index (χ4v) is 2.70. The fourth-order valence-electron chi connectivity index (χ4n) is 2.70. The van der Waals surface area contributed by atoms with Crippen LogP contribution in [0.25, 0.3) is 11.1 Å². The first-order valence-electron chi connectivity index (χ1n) is 7.33. The Balaban J connectivity index is 1.87. The molecule has 1 aliphatic rings. The zero-order valence-electron chi connectivity index (χ0n) is 13.1. The summed E-state index contributed by atoms with van der Waals surface area (Å²) in [7, 11) is 1.53. The maximum atomic E-state index is 14.3. The van der Waals surface area contributed by atoms with Gasteiger partial charge in [-0.05, 0) is 18.6 Å². The minimum atomic E-state index is -0.401. The second-order valence-corrected chi connectivity index (χ2v) is 5.50. The summed E-state index contributed by atoms with van der Waals surface area (Å²) in [6.07, 6.45) is 1.66. The highest BCUT2D eigenvalue weighted by molar-refractivity contribution is 5.99. The van der Waals surface area contributed by atoms with Crippen LogP contribution in [0, 0.1) is 12.7 Å². The molecule has 6 heteroatoms. The van der Waals surface area contributed by atoms with E-state index in [-0.39, 0.29) is 12.2 Å². The number of halogens is 1. The molecule has 1 saturated heterocycles. The summed E-state index contributed by atoms with van der Waals surface area (Å²) in [6.45, 7) is 3.01. The number of aliphatic hydroxyl groups is 1. The van der Waals surface area contributed by atoms with Crippen molar-refractivity contribution in [2.24, 2.45) is 5.16 Å². The molecule has 0 atom stereocenters. The number of hydrogen-bond acceptors (Lipinski definition) is 5. The number of benzene rings is 1. The molecule has 1 aromatic heterocycles. The molecule has 0 spiro atoms. The van der Waals surface area contributed by atoms with Gasteiger partial charge in [0.2, 0.25) is 0 Å². The van der Waals surface area contributed by atoms with Crippen LogP contribution in [0.3, 0.4) is 0 Å². The SMILES string of the molecule is CON=C1CN(c2ncc(-c3cccc(CO)c3F)cc2C)C1. The second-order valence-electron chi connectivity index (χ2n) is 5.50. The van der Waals surface area contributed by atoms with E-state index in [1.807, 2.05) is 13.0 Å². The predicted octanol–water partition coefficient (Wildman–Crippen LogP) is 2.51. The highest BCUT2D eigenvalue weighted by Gasteiger charge is 2.25. The third-order valence-electron chi connectivity index (χ3n) is 3.88. The highest BCUT2D eigenvalue weighted by atomic mass is 19.1. The first kappa shape index (κ1) is 15.4. The van der Waals surface area contributed by atoms with Gasteiger partial charge in [0, 0.05) is 22.9 Å². The van der Waals surface area contributed by atoms with Crippen LogP contribution in [0.4, 0.5) is 10.2 Å². The number of rotatable bonds is 4. The Morgan fingerprint density at radius 1 is 1.39 bits per heavy atom. The van der Waals surface area contributed by atoms with Crippen LogP contribution >= 0.6 is 0 Å². The van der Waals surface area contributed by atoms with Crippen LogP contribution in [-0.4, -0.2) is 36.0 Å². The van der Waals surface area contributed by atoms with Crippen LogP contribution in [0.15, 0.2) is 35.6 Å². The molecule has 0 amide bonds. The molecule has 120 valence electrons. The first-order chi connectivity index (χ1) is 11.1. The van der Waals surface area contributed by atoms with Gasteiger partial charge in [-0.15, -0.1) is 0 Å². The van der Waals surface area contributed by atoms with E-state index in [0.717, 1.165) is 17.1 Å². The highest BCUT2D eigenvalue weighted by Crippen LogP contribution is 2.29. The van der Waals surface area contributed by atoms with Crippen molar-refractivity contribution >= 4 is 11.5 Å². The molecule has 23 heavy (non-hydrogen) atoms. The fraction of sp³-hybridized carbons (Fsp3) is 0.294. The van der Waals surface area contributed by atoms with E-state index in [1.54, 1.807) is 24.4 Å². The standard InChI is InChI=1S/C17H18FN3O2/c1-11-6-13(15-5-3-4-12(10-22)16(15)18)7-19-17(11)21-8-14(9-21)20-23-2/h3-7,22H,8-10H2,1-2H3. The molecule has 5 nitrogen and oxygen atoms in total. The molecule has 2 aromatic rings. The minimum Gasteiger partial charge on any atom is -0.399 e. The Bertz CT molecular complexity index is 753. The topological polar surface area (TPSA) is 58.0 Å². The third kappa shape index (κ3) is 2.90. The lowest BCUT2D eigenvalue weighted by molar-refractivity contribution is 0.211. The lowest BCUT2D eigenvalue weighted by Gasteiger charge is -2.34. The van der Waals surface area contributed by atoms with Crippen LogP contribution in [-0.2, 0) is 11.4 Å². The lowest BCUT2D eigenvalue weighted by atomic mass is 10.0. The third-order valence-corrected chi connectivity index (χ3v) is 3.88. The summed E-state index contributed by atoms with van der Waals surface area (Å²) >= 11 is 0. The maximum Gasteiger partial charge on any atom is 0.136 e. The molecule has 0 radical (unpaired) electrons. The lowest BCUT2D eigenvalue weighted by Crippen LogP contribution is -2.48. The number of oxime groups is 1. The van der Waals surface area contributed by atoms with Gasteiger partial charge in [0.1, 0.15) is 18.7 Å². The Hall–Kier alpha value is -2.47. The summed E-state index contributed by atoms with van der Waals surface area (Å²) in [5.74, 6) is 0.463. The molecule has 1 fully saturated rings. The number of pyridine rings is 1. The Morgan fingerprint density at radius 3 is 2.83 bits per heavy atom. The van der Waals surface area contributed by atoms with Crippen molar-refractivity contribution in [3.8, 4) is 11.1 Å². The van der Waals surface area contributed by atoms with Gasteiger partial charge >= 0.3 is 0 Å².